The summed E-state index contributed by atoms with van der Waals surface area (Å²) in [4.78, 5) is 31.5. The number of aliphatic carboxylic acids is 3. The minimum atomic E-state index is -1.17. The van der Waals surface area contributed by atoms with Gasteiger partial charge in [-0.15, -0.1) is 6.54 Å². The van der Waals surface area contributed by atoms with Gasteiger partial charge < -0.3 is 62.4 Å². The number of anilines is 1. The Morgan fingerprint density at radius 2 is 1.16 bits per heavy atom. The number of nitrogens with zero attached hydrogens (tertiary/aromatic N) is 1. The zero-order valence-corrected chi connectivity index (χ0v) is 54.5. The average Bonchev–Trinajstić information content (AvgIpc) is 3.36. The summed E-state index contributed by atoms with van der Waals surface area (Å²) in [6.07, 6.45) is 18.8. The maximum atomic E-state index is 10.6. The van der Waals surface area contributed by atoms with Gasteiger partial charge in [-0.3, -0.25) is 0 Å². The van der Waals surface area contributed by atoms with E-state index in [-0.39, 0.29) is 65.4 Å². The number of nitriles is 1. The molecule has 0 aliphatic carbocycles. The van der Waals surface area contributed by atoms with Crippen LogP contribution in [0, 0.1) is 21.5 Å². The van der Waals surface area contributed by atoms with Crippen LogP contribution in [0.25, 0.3) is 34.7 Å². The van der Waals surface area contributed by atoms with Crippen molar-refractivity contribution in [2.24, 2.45) is 10.8 Å². The molecule has 2 rings (SSSR count). The van der Waals surface area contributed by atoms with E-state index >= 15 is 0 Å². The number of hydrogen-bond donors (Lipinski definition) is 4. The molecule has 0 bridgehead atoms. The normalized spacial score (nSPS) is 11.9. The number of aryl methyl sites for hydroxylation is 1. The summed E-state index contributed by atoms with van der Waals surface area (Å²) in [6, 6.07) is 16.2. The number of hydrogen-bond acceptors (Lipinski definition) is 6. The molecule has 444 valence electrons. The molecule has 13 nitrogen and oxygen atoms in total. The van der Waals surface area contributed by atoms with Gasteiger partial charge in [0.05, 0.1) is 16.7 Å². The predicted molar refractivity (Wildman–Crippen MR) is 344 cm³/mol. The molecule has 0 radical (unpaired) electrons. The molecular weight excluding hydrogens is 1100 g/mol. The number of nitrogens with two attached hydrogens (primary N) is 1. The van der Waals surface area contributed by atoms with Crippen molar-refractivity contribution in [3.05, 3.63) is 208 Å². The first kappa shape index (κ1) is 92.3. The summed E-state index contributed by atoms with van der Waals surface area (Å²) in [7, 11) is 1.94. The quantitative estimate of drug-likeness (QED) is 0.0408. The van der Waals surface area contributed by atoms with Gasteiger partial charge in [0, 0.05) is 12.7 Å². The molecule has 0 amide bonds. The Bertz CT molecular complexity index is 2240. The summed E-state index contributed by atoms with van der Waals surface area (Å²) in [5.74, 6) is -3.26. The van der Waals surface area contributed by atoms with Crippen LogP contribution < -0.4 is 5.32 Å². The van der Waals surface area contributed by atoms with Crippen LogP contribution in [0.1, 0.15) is 162 Å². The second-order valence-corrected chi connectivity index (χ2v) is 19.3. The summed E-state index contributed by atoms with van der Waals surface area (Å²) in [6.45, 7) is 48.0. The molecular formula is C64H103N7O6RuS. The Morgan fingerprint density at radius 3 is 1.44 bits per heavy atom. The minimum Gasteiger partial charge on any atom is -0.704 e. The first-order valence-corrected chi connectivity index (χ1v) is 26.3. The second-order valence-electron chi connectivity index (χ2n) is 19.1. The van der Waals surface area contributed by atoms with Crippen molar-refractivity contribution in [3.63, 3.8) is 0 Å². The Morgan fingerprint density at radius 1 is 0.747 bits per heavy atom. The molecule has 0 aliphatic rings. The smallest absolute Gasteiger partial charge is 0.704 e. The van der Waals surface area contributed by atoms with E-state index < -0.39 is 23.9 Å². The average molecular weight is 1200 g/mol. The first-order valence-electron chi connectivity index (χ1n) is 25.9. The van der Waals surface area contributed by atoms with E-state index in [1.807, 2.05) is 67.7 Å². The van der Waals surface area contributed by atoms with E-state index in [2.05, 4.69) is 155 Å². The van der Waals surface area contributed by atoms with Crippen LogP contribution in [0.3, 0.4) is 0 Å². The van der Waals surface area contributed by atoms with Gasteiger partial charge in [-0.1, -0.05) is 251 Å². The standard InChI is InChI=1S/C22H30N2.C12H14NO4.C11H17N.C7H10NO2.C5H12.3C2H6.CHNS.H2N.Ru/c1-6-8-20(22(3,4)5)14-11-17-9-12-19(13-10-17)18(7-2)15-21(24)16-23;1-3-8(11(14)15)5-6-10(13)7-9(4-2)12(16)17;1-11(2,3)9-5-7-10(12-4)8-6-9;1-3-6(7(9)10)4-5(2)8;1-5(2,3)4;3*1-2;2-1-3;;/h6-10,12-13,15,23-24H,1,11,14,16H2,2-5H3;3-7,10,13H,2H2,1H3,(H,14,15)(H,16,17);5-8,12H,1-4H3;3-4,8H,1-2H3,(H,9,10);1-4H3;3*1-2H3;3H;1H2;/q-2;-1;;-1;;;;;;-1;+6/p-1/b18-7+,20-8+,21-15-;6-5-,8-3+,9-7+;;5-4?,6-3+;;;;;;;. The van der Waals surface area contributed by atoms with Crippen molar-refractivity contribution in [3.8, 4) is 5.40 Å². The third-order valence-electron chi connectivity index (χ3n) is 8.92. The van der Waals surface area contributed by atoms with E-state index in [0.29, 0.717) is 11.1 Å². The molecule has 0 aromatic heterocycles. The number of carboxylic acid groups (broad SMARTS) is 3. The molecule has 10 N–H and O–H groups in total. The van der Waals surface area contributed by atoms with Gasteiger partial charge in [0.15, 0.2) is 0 Å². The van der Waals surface area contributed by atoms with Gasteiger partial charge in [0.25, 0.3) is 0 Å². The number of thiocyanates is 1. The number of nitrogens with one attached hydrogen (secondary N) is 5. The van der Waals surface area contributed by atoms with Crippen molar-refractivity contribution in [1.29, 1.82) is 5.26 Å². The van der Waals surface area contributed by atoms with Crippen LogP contribution in [-0.2, 0) is 58.3 Å². The van der Waals surface area contributed by atoms with Crippen molar-refractivity contribution in [1.82, 2.24) is 0 Å². The van der Waals surface area contributed by atoms with Crippen LogP contribution in [0.5, 0.6) is 0 Å². The molecule has 0 fully saturated rings. The molecule has 0 aliphatic heterocycles. The number of benzene rings is 2. The molecule has 0 spiro atoms. The SMILES string of the molecule is C/C=C(\C=C(C)[NH-])C(=O)O.C=C/C(=C\C([NH-])/C=C\C(=C/C)C(=O)O)C(=O)O.C=C/C=C(\CCc1ccc(C(/C=C(\[NH-])C[NH-])=C/C)cc1)C(C)(C)C.CC.CC.CC.CC(C)(C)C.CNc1ccc(C(C)(C)C)cc1.N#C[S-].[NH2-].[Ru+6]. The zero-order chi connectivity index (χ0) is 62.1. The Labute approximate surface area is 499 Å². The Kier molecular flexibility index (Phi) is 64.5. The van der Waals surface area contributed by atoms with Crippen molar-refractivity contribution in [2.45, 2.75) is 163 Å². The summed E-state index contributed by atoms with van der Waals surface area (Å²) in [5, 5.41) is 37.4. The fourth-order valence-corrected chi connectivity index (χ4v) is 5.18. The third-order valence-corrected chi connectivity index (χ3v) is 8.92. The van der Waals surface area contributed by atoms with Crippen LogP contribution in [0.15, 0.2) is 162 Å². The molecule has 0 saturated carbocycles. The minimum absolute atomic E-state index is 0. The molecule has 1 unspecified atom stereocenters. The van der Waals surface area contributed by atoms with E-state index in [1.165, 1.54) is 71.2 Å². The summed E-state index contributed by atoms with van der Waals surface area (Å²) >= 11 is 3.70. The molecule has 2 aromatic rings. The first-order chi connectivity index (χ1) is 35.8. The second kappa shape index (κ2) is 55.2. The van der Waals surface area contributed by atoms with Crippen LogP contribution in [0.2, 0.25) is 0 Å². The van der Waals surface area contributed by atoms with Crippen molar-refractivity contribution >= 4 is 41.8 Å². The Hall–Kier alpha value is -6.14. The van der Waals surface area contributed by atoms with Gasteiger partial charge >= 0.3 is 37.4 Å². The molecule has 2 aromatic carbocycles. The van der Waals surface area contributed by atoms with Crippen LogP contribution >= 0.6 is 0 Å². The third kappa shape index (κ3) is 56.4. The van der Waals surface area contributed by atoms with Gasteiger partial charge in [0.1, 0.15) is 0 Å². The fourth-order valence-electron chi connectivity index (χ4n) is 5.18. The summed E-state index contributed by atoms with van der Waals surface area (Å²) < 4.78 is 0. The molecule has 15 heteroatoms. The topological polar surface area (TPSA) is 276 Å². The number of allylic oxidation sites excluding steroid dienone is 9. The fraction of sp³-hybridized carbons (Fsp3) is 0.438. The maximum Gasteiger partial charge on any atom is 6.00 e. The van der Waals surface area contributed by atoms with E-state index in [0.717, 1.165) is 30.1 Å². The molecule has 1 atom stereocenters. The number of carboxylic acids is 3. The van der Waals surface area contributed by atoms with E-state index in [1.54, 1.807) is 19.9 Å². The van der Waals surface area contributed by atoms with Crippen molar-refractivity contribution in [2.75, 3.05) is 18.9 Å². The van der Waals surface area contributed by atoms with Crippen molar-refractivity contribution < 1.29 is 49.2 Å². The number of carbonyl (C=O) groups is 3. The maximum absolute atomic E-state index is 10.6. The van der Waals surface area contributed by atoms with Gasteiger partial charge in [-0.05, 0) is 84.3 Å². The molecule has 79 heavy (non-hydrogen) atoms. The molecule has 0 saturated heterocycles. The number of rotatable bonds is 16. The van der Waals surface area contributed by atoms with Crippen LogP contribution in [0.4, 0.5) is 5.69 Å². The zero-order valence-electron chi connectivity index (χ0n) is 51.9. The van der Waals surface area contributed by atoms with Gasteiger partial charge in [0.2, 0.25) is 0 Å². The molecule has 0 heterocycles. The monoisotopic (exact) mass is 1200 g/mol. The Balaban J connectivity index is -0.000000112. The van der Waals surface area contributed by atoms with E-state index in [4.69, 9.17) is 43.5 Å². The largest absolute Gasteiger partial charge is 6.00 e. The van der Waals surface area contributed by atoms with Gasteiger partial charge in [-0.25, -0.2) is 19.6 Å². The van der Waals surface area contributed by atoms with Crippen LogP contribution in [-0.4, -0.2) is 52.9 Å². The van der Waals surface area contributed by atoms with Gasteiger partial charge in [-0.2, -0.15) is 11.4 Å². The summed E-state index contributed by atoms with van der Waals surface area (Å²) in [5.41, 5.74) is 38.4. The predicted octanol–water partition coefficient (Wildman–Crippen LogP) is 20.2. The van der Waals surface area contributed by atoms with E-state index in [9.17, 15) is 14.4 Å².